The summed E-state index contributed by atoms with van der Waals surface area (Å²) in [5.41, 5.74) is 3.10. The van der Waals surface area contributed by atoms with Crippen LogP contribution in [0.25, 0.3) is 0 Å². The fraction of sp³-hybridized carbons (Fsp3) is 0.240. The molecule has 2 heterocycles. The van der Waals surface area contributed by atoms with E-state index in [4.69, 9.17) is 9.47 Å². The molecule has 1 N–H and O–H groups in total. The van der Waals surface area contributed by atoms with Gasteiger partial charge in [-0.1, -0.05) is 36.4 Å². The minimum Gasteiger partial charge on any atom is -0.496 e. The van der Waals surface area contributed by atoms with Crippen LogP contribution < -0.4 is 10.1 Å². The number of imide groups is 1. The van der Waals surface area contributed by atoms with Crippen molar-refractivity contribution in [3.63, 3.8) is 0 Å². The number of methoxy groups -OCH3 is 1. The molecule has 2 amide bonds. The fourth-order valence-corrected chi connectivity index (χ4v) is 4.16. The summed E-state index contributed by atoms with van der Waals surface area (Å²) in [6.45, 7) is 3.73. The second-order valence-electron chi connectivity index (χ2n) is 7.55. The van der Waals surface area contributed by atoms with Crippen LogP contribution in [0.5, 0.6) is 5.75 Å². The maximum absolute atomic E-state index is 13.1. The molecule has 0 spiro atoms. The number of para-hydroxylation sites is 1. The lowest BCUT2D eigenvalue weighted by molar-refractivity contribution is -0.138. The first-order chi connectivity index (χ1) is 15.5. The molecule has 2 aliphatic rings. The number of nitrogens with zero attached hydrogens (tertiary/aromatic N) is 1. The molecule has 1 unspecified atom stereocenters. The molecule has 0 radical (unpaired) electrons. The summed E-state index contributed by atoms with van der Waals surface area (Å²) < 4.78 is 10.9. The van der Waals surface area contributed by atoms with Crippen LogP contribution >= 0.6 is 0 Å². The molecule has 7 nitrogen and oxygen atoms in total. The number of fused-ring (bicyclic) bond motifs is 1. The second kappa shape index (κ2) is 8.70. The van der Waals surface area contributed by atoms with Crippen molar-refractivity contribution in [3.05, 3.63) is 88.3 Å². The molecule has 2 aliphatic heterocycles. The Hall–Kier alpha value is -3.87. The van der Waals surface area contributed by atoms with Crippen LogP contribution in [0.2, 0.25) is 0 Å². The zero-order chi connectivity index (χ0) is 22.8. The van der Waals surface area contributed by atoms with Gasteiger partial charge in [-0.2, -0.15) is 0 Å². The van der Waals surface area contributed by atoms with Crippen molar-refractivity contribution in [3.8, 4) is 5.75 Å². The van der Waals surface area contributed by atoms with E-state index >= 15 is 0 Å². The molecule has 32 heavy (non-hydrogen) atoms. The number of dihydropyridines is 1. The van der Waals surface area contributed by atoms with Gasteiger partial charge in [-0.15, -0.1) is 0 Å². The van der Waals surface area contributed by atoms with Crippen molar-refractivity contribution >= 4 is 17.8 Å². The normalized spacial score (nSPS) is 17.7. The van der Waals surface area contributed by atoms with E-state index in [0.29, 0.717) is 28.1 Å². The van der Waals surface area contributed by atoms with Gasteiger partial charge in [0.25, 0.3) is 11.8 Å². The van der Waals surface area contributed by atoms with Crippen molar-refractivity contribution in [2.75, 3.05) is 20.3 Å². The third kappa shape index (κ3) is 3.66. The first-order valence-corrected chi connectivity index (χ1v) is 10.4. The highest BCUT2D eigenvalue weighted by Crippen LogP contribution is 2.38. The maximum Gasteiger partial charge on any atom is 0.336 e. The van der Waals surface area contributed by atoms with Crippen LogP contribution in [-0.2, 0) is 9.53 Å². The number of benzene rings is 2. The number of nitrogens with one attached hydrogen (secondary N) is 1. The van der Waals surface area contributed by atoms with Crippen molar-refractivity contribution in [2.24, 2.45) is 0 Å². The van der Waals surface area contributed by atoms with Crippen molar-refractivity contribution < 1.29 is 23.9 Å². The Bertz CT molecular complexity index is 1130. The van der Waals surface area contributed by atoms with E-state index in [9.17, 15) is 14.4 Å². The van der Waals surface area contributed by atoms with Crippen LogP contribution in [0.4, 0.5) is 0 Å². The zero-order valence-corrected chi connectivity index (χ0v) is 18.2. The van der Waals surface area contributed by atoms with Gasteiger partial charge in [-0.25, -0.2) is 4.79 Å². The number of hydrogen-bond acceptors (Lipinski definition) is 6. The number of carbonyl (C=O) groups excluding carboxylic acids is 3. The van der Waals surface area contributed by atoms with Crippen molar-refractivity contribution in [2.45, 2.75) is 19.8 Å². The number of esters is 1. The number of amides is 2. The Morgan fingerprint density at radius 1 is 1.03 bits per heavy atom. The highest BCUT2D eigenvalue weighted by molar-refractivity contribution is 6.21. The summed E-state index contributed by atoms with van der Waals surface area (Å²) in [6, 6.07) is 14.1. The predicted octanol–water partition coefficient (Wildman–Crippen LogP) is 3.40. The molecule has 0 saturated heterocycles. The second-order valence-corrected chi connectivity index (χ2v) is 7.55. The quantitative estimate of drug-likeness (QED) is 0.556. The van der Waals surface area contributed by atoms with E-state index in [1.54, 1.807) is 38.3 Å². The topological polar surface area (TPSA) is 84.9 Å². The lowest BCUT2D eigenvalue weighted by Crippen LogP contribution is -2.38. The lowest BCUT2D eigenvalue weighted by Gasteiger charge is -2.29. The molecular formula is C25H24N2O5. The van der Waals surface area contributed by atoms with E-state index in [1.165, 1.54) is 0 Å². The lowest BCUT2D eigenvalue weighted by atomic mass is 9.86. The number of allylic oxidation sites excluding steroid dienone is 2. The molecule has 0 bridgehead atoms. The van der Waals surface area contributed by atoms with Gasteiger partial charge >= 0.3 is 5.97 Å². The van der Waals surface area contributed by atoms with Gasteiger partial charge in [0.2, 0.25) is 0 Å². The number of rotatable bonds is 6. The molecule has 2 aromatic carbocycles. The maximum atomic E-state index is 13.1. The third-order valence-electron chi connectivity index (χ3n) is 5.56. The molecule has 164 valence electrons. The summed E-state index contributed by atoms with van der Waals surface area (Å²) in [7, 11) is 1.57. The molecule has 0 saturated carbocycles. The van der Waals surface area contributed by atoms with E-state index in [0.717, 1.165) is 16.2 Å². The minimum absolute atomic E-state index is 0.0721. The van der Waals surface area contributed by atoms with Gasteiger partial charge in [-0.3, -0.25) is 14.5 Å². The number of hydrogen-bond donors (Lipinski definition) is 1. The SMILES string of the molecule is CCOC(=O)C1=C(CN2C(=O)c3ccccc3C2=O)NC(C)=CC1c1ccccc1OC. The van der Waals surface area contributed by atoms with Crippen LogP contribution in [0.15, 0.2) is 71.6 Å². The smallest absolute Gasteiger partial charge is 0.336 e. The Balaban J connectivity index is 1.79. The van der Waals surface area contributed by atoms with Gasteiger partial charge in [0.1, 0.15) is 5.75 Å². The van der Waals surface area contributed by atoms with Gasteiger partial charge in [0.15, 0.2) is 0 Å². The van der Waals surface area contributed by atoms with Gasteiger partial charge in [0, 0.05) is 22.9 Å². The Labute approximate surface area is 186 Å². The van der Waals surface area contributed by atoms with E-state index in [2.05, 4.69) is 5.32 Å². The number of carbonyl (C=O) groups is 3. The molecule has 2 aromatic rings. The van der Waals surface area contributed by atoms with Gasteiger partial charge in [0.05, 0.1) is 37.0 Å². The average Bonchev–Trinajstić information content (AvgIpc) is 3.04. The van der Waals surface area contributed by atoms with Gasteiger partial charge < -0.3 is 14.8 Å². The summed E-state index contributed by atoms with van der Waals surface area (Å²) in [5, 5.41) is 3.19. The van der Waals surface area contributed by atoms with Crippen LogP contribution in [0, 0.1) is 0 Å². The van der Waals surface area contributed by atoms with Crippen molar-refractivity contribution in [1.82, 2.24) is 10.2 Å². The summed E-state index contributed by atoms with van der Waals surface area (Å²) >= 11 is 0. The fourth-order valence-electron chi connectivity index (χ4n) is 4.16. The van der Waals surface area contributed by atoms with Crippen LogP contribution in [0.3, 0.4) is 0 Å². The van der Waals surface area contributed by atoms with E-state index in [1.807, 2.05) is 37.3 Å². The minimum atomic E-state index is -0.508. The van der Waals surface area contributed by atoms with E-state index in [-0.39, 0.29) is 25.0 Å². The van der Waals surface area contributed by atoms with Crippen LogP contribution in [-0.4, -0.2) is 42.9 Å². The highest BCUT2D eigenvalue weighted by atomic mass is 16.5. The predicted molar refractivity (Wildman–Crippen MR) is 118 cm³/mol. The first kappa shape index (κ1) is 21.4. The molecular weight excluding hydrogens is 408 g/mol. The van der Waals surface area contributed by atoms with Crippen molar-refractivity contribution in [1.29, 1.82) is 0 Å². The molecule has 0 aliphatic carbocycles. The van der Waals surface area contributed by atoms with Gasteiger partial charge in [-0.05, 0) is 32.0 Å². The number of ether oxygens (including phenoxy) is 2. The molecule has 1 atom stereocenters. The molecule has 0 aromatic heterocycles. The Kier molecular flexibility index (Phi) is 5.81. The average molecular weight is 432 g/mol. The largest absolute Gasteiger partial charge is 0.496 e. The van der Waals surface area contributed by atoms with E-state index < -0.39 is 11.9 Å². The molecule has 0 fully saturated rings. The summed E-state index contributed by atoms with van der Waals surface area (Å²) in [5.74, 6) is -1.11. The third-order valence-corrected chi connectivity index (χ3v) is 5.56. The monoisotopic (exact) mass is 432 g/mol. The highest BCUT2D eigenvalue weighted by Gasteiger charge is 2.38. The summed E-state index contributed by atoms with van der Waals surface area (Å²) in [6.07, 6.45) is 1.91. The zero-order valence-electron chi connectivity index (χ0n) is 18.2. The summed E-state index contributed by atoms with van der Waals surface area (Å²) in [4.78, 5) is 40.1. The molecule has 7 heteroatoms. The molecule has 4 rings (SSSR count). The standard InChI is InChI=1S/C25H24N2O5/c1-4-32-25(30)22-19(16-9-7-8-12-21(16)31-3)13-15(2)26-20(22)14-27-23(28)17-10-5-6-11-18(17)24(27)29/h5-13,19,26H,4,14H2,1-3H3. The Morgan fingerprint density at radius 2 is 1.66 bits per heavy atom. The Morgan fingerprint density at radius 3 is 2.28 bits per heavy atom. The van der Waals surface area contributed by atoms with Crippen LogP contribution in [0.1, 0.15) is 46.0 Å². The first-order valence-electron chi connectivity index (χ1n) is 10.4.